The highest BCUT2D eigenvalue weighted by atomic mass is 16.2. The van der Waals surface area contributed by atoms with Gasteiger partial charge in [0.05, 0.1) is 0 Å². The summed E-state index contributed by atoms with van der Waals surface area (Å²) in [7, 11) is 0. The van der Waals surface area contributed by atoms with Gasteiger partial charge in [-0.15, -0.1) is 0 Å². The quantitative estimate of drug-likeness (QED) is 0.226. The number of hydrogen-bond acceptors (Lipinski definition) is 2. The van der Waals surface area contributed by atoms with Crippen LogP contribution in [0.5, 0.6) is 0 Å². The van der Waals surface area contributed by atoms with E-state index in [1.807, 2.05) is 5.43 Å². The first-order valence-electron chi connectivity index (χ1n) is 3.03. The third-order valence-electron chi connectivity index (χ3n) is 1.47. The molecule has 0 bridgehead atoms. The molecule has 0 aromatic heterocycles. The molecule has 50 valence electrons. The second-order valence-electron chi connectivity index (χ2n) is 2.16. The fraction of sp³-hybridized carbons (Fsp3) is 0.500. The van der Waals surface area contributed by atoms with E-state index in [0.29, 0.717) is 0 Å². The van der Waals surface area contributed by atoms with E-state index in [2.05, 4.69) is 0 Å². The van der Waals surface area contributed by atoms with Crippen molar-refractivity contribution in [3.63, 3.8) is 0 Å². The molecule has 0 spiro atoms. The number of allylic oxidation sites excluding steroid dienone is 1. The molecule has 9 heavy (non-hydrogen) atoms. The molecule has 0 aliphatic heterocycles. The molecule has 1 aliphatic carbocycles. The number of carbonyl (C=O) groups is 1. The average molecular weight is 126 g/mol. The lowest BCUT2D eigenvalue weighted by Gasteiger charge is -2.14. The van der Waals surface area contributed by atoms with Gasteiger partial charge in [-0.3, -0.25) is 10.2 Å². The minimum Gasteiger partial charge on any atom is -0.291 e. The van der Waals surface area contributed by atoms with Gasteiger partial charge in [0.1, 0.15) is 0 Å². The van der Waals surface area contributed by atoms with E-state index in [1.165, 1.54) is 12.0 Å². The van der Waals surface area contributed by atoms with Gasteiger partial charge in [0.2, 0.25) is 0 Å². The minimum atomic E-state index is -0.190. The normalized spacial score (nSPS) is 16.3. The van der Waals surface area contributed by atoms with Crippen LogP contribution < -0.4 is 11.3 Å². The Morgan fingerprint density at radius 3 is 2.67 bits per heavy atom. The number of hydrazine groups is 1. The fourth-order valence-corrected chi connectivity index (χ4v) is 0.752. The van der Waals surface area contributed by atoms with Crippen LogP contribution in [0, 0.1) is 0 Å². The highest BCUT2D eigenvalue weighted by Gasteiger charge is 2.08. The Kier molecular flexibility index (Phi) is 1.85. The van der Waals surface area contributed by atoms with Crippen molar-refractivity contribution >= 4 is 5.91 Å². The van der Waals surface area contributed by atoms with Crippen LogP contribution in [-0.2, 0) is 4.79 Å². The van der Waals surface area contributed by atoms with Gasteiger partial charge in [-0.05, 0) is 19.3 Å². The maximum Gasteiger partial charge on any atom is 0.257 e. The SMILES string of the molecule is NNC(=O)C=C1CCC1. The Balaban J connectivity index is 2.37. The largest absolute Gasteiger partial charge is 0.291 e. The van der Waals surface area contributed by atoms with E-state index in [4.69, 9.17) is 5.84 Å². The smallest absolute Gasteiger partial charge is 0.257 e. The Morgan fingerprint density at radius 1 is 1.67 bits per heavy atom. The predicted octanol–water partition coefficient (Wildman–Crippen LogP) is 0.0866. The number of nitrogens with one attached hydrogen (secondary N) is 1. The summed E-state index contributed by atoms with van der Waals surface area (Å²) in [6, 6.07) is 0. The van der Waals surface area contributed by atoms with Crippen LogP contribution >= 0.6 is 0 Å². The van der Waals surface area contributed by atoms with Gasteiger partial charge in [0.15, 0.2) is 0 Å². The number of rotatable bonds is 1. The van der Waals surface area contributed by atoms with E-state index in [1.54, 1.807) is 6.08 Å². The number of nitrogens with two attached hydrogens (primary N) is 1. The fourth-order valence-electron chi connectivity index (χ4n) is 0.752. The molecule has 1 amide bonds. The molecule has 1 fully saturated rings. The summed E-state index contributed by atoms with van der Waals surface area (Å²) < 4.78 is 0. The van der Waals surface area contributed by atoms with E-state index in [0.717, 1.165) is 12.8 Å². The molecule has 1 rings (SSSR count). The van der Waals surface area contributed by atoms with Gasteiger partial charge in [0.25, 0.3) is 5.91 Å². The third-order valence-corrected chi connectivity index (χ3v) is 1.47. The number of carbonyl (C=O) groups excluding carboxylic acids is 1. The maximum atomic E-state index is 10.5. The van der Waals surface area contributed by atoms with Gasteiger partial charge in [0, 0.05) is 6.08 Å². The summed E-state index contributed by atoms with van der Waals surface area (Å²) in [4.78, 5) is 10.5. The summed E-state index contributed by atoms with van der Waals surface area (Å²) in [5.41, 5.74) is 3.26. The van der Waals surface area contributed by atoms with Crippen LogP contribution in [0.15, 0.2) is 11.6 Å². The van der Waals surface area contributed by atoms with Gasteiger partial charge in [-0.1, -0.05) is 5.57 Å². The van der Waals surface area contributed by atoms with E-state index >= 15 is 0 Å². The molecule has 0 aromatic carbocycles. The lowest BCUT2D eigenvalue weighted by molar-refractivity contribution is -0.116. The lowest BCUT2D eigenvalue weighted by Crippen LogP contribution is -2.28. The molecule has 3 heteroatoms. The van der Waals surface area contributed by atoms with Gasteiger partial charge in [-0.2, -0.15) is 0 Å². The minimum absolute atomic E-state index is 0.190. The molecule has 0 saturated heterocycles. The standard InChI is InChI=1S/C6H10N2O/c7-8-6(9)4-5-2-1-3-5/h4H,1-3,7H2,(H,8,9). The van der Waals surface area contributed by atoms with Crippen molar-refractivity contribution in [1.29, 1.82) is 0 Å². The van der Waals surface area contributed by atoms with Crippen molar-refractivity contribution in [2.45, 2.75) is 19.3 Å². The Bertz CT molecular complexity index is 145. The molecule has 0 radical (unpaired) electrons. The van der Waals surface area contributed by atoms with Crippen LogP contribution in [0.4, 0.5) is 0 Å². The van der Waals surface area contributed by atoms with E-state index in [9.17, 15) is 4.79 Å². The summed E-state index contributed by atoms with van der Waals surface area (Å²) >= 11 is 0. The monoisotopic (exact) mass is 126 g/mol. The van der Waals surface area contributed by atoms with E-state index in [-0.39, 0.29) is 5.91 Å². The molecule has 1 aliphatic rings. The number of hydrogen-bond donors (Lipinski definition) is 2. The highest BCUT2D eigenvalue weighted by molar-refractivity contribution is 5.87. The van der Waals surface area contributed by atoms with Crippen molar-refractivity contribution < 1.29 is 4.79 Å². The molecule has 0 atom stereocenters. The Hall–Kier alpha value is -0.830. The predicted molar refractivity (Wildman–Crippen MR) is 34.3 cm³/mol. The van der Waals surface area contributed by atoms with Crippen molar-refractivity contribution in [3.05, 3.63) is 11.6 Å². The second kappa shape index (κ2) is 2.64. The van der Waals surface area contributed by atoms with Crippen LogP contribution in [0.2, 0.25) is 0 Å². The molecular formula is C6H10N2O. The average Bonchev–Trinajstić information content (AvgIpc) is 1.78. The molecule has 3 nitrogen and oxygen atoms in total. The molecule has 3 N–H and O–H groups in total. The summed E-state index contributed by atoms with van der Waals surface area (Å²) in [5, 5.41) is 0. The van der Waals surface area contributed by atoms with Gasteiger partial charge in [-0.25, -0.2) is 5.84 Å². The highest BCUT2D eigenvalue weighted by Crippen LogP contribution is 2.24. The molecular weight excluding hydrogens is 116 g/mol. The zero-order chi connectivity index (χ0) is 6.69. The van der Waals surface area contributed by atoms with Crippen molar-refractivity contribution in [2.24, 2.45) is 5.84 Å². The van der Waals surface area contributed by atoms with Gasteiger partial charge >= 0.3 is 0 Å². The van der Waals surface area contributed by atoms with Crippen molar-refractivity contribution in [3.8, 4) is 0 Å². The molecule has 1 saturated carbocycles. The lowest BCUT2D eigenvalue weighted by atomic mass is 9.92. The van der Waals surface area contributed by atoms with Crippen molar-refractivity contribution in [2.75, 3.05) is 0 Å². The first-order chi connectivity index (χ1) is 4.33. The van der Waals surface area contributed by atoms with Crippen molar-refractivity contribution in [1.82, 2.24) is 5.43 Å². The number of amides is 1. The zero-order valence-corrected chi connectivity index (χ0v) is 5.18. The summed E-state index contributed by atoms with van der Waals surface area (Å²) in [5.74, 6) is 4.66. The molecule has 0 unspecified atom stereocenters. The van der Waals surface area contributed by atoms with Crippen LogP contribution in [-0.4, -0.2) is 5.91 Å². The maximum absolute atomic E-state index is 10.5. The zero-order valence-electron chi connectivity index (χ0n) is 5.18. The summed E-state index contributed by atoms with van der Waals surface area (Å²) in [6.45, 7) is 0. The first-order valence-corrected chi connectivity index (χ1v) is 3.03. The first kappa shape index (κ1) is 6.29. The summed E-state index contributed by atoms with van der Waals surface area (Å²) in [6.07, 6.45) is 4.91. The molecule has 0 heterocycles. The van der Waals surface area contributed by atoms with Crippen LogP contribution in [0.25, 0.3) is 0 Å². The van der Waals surface area contributed by atoms with Crippen LogP contribution in [0.1, 0.15) is 19.3 Å². The third kappa shape index (κ3) is 1.54. The molecule has 0 aromatic rings. The Labute approximate surface area is 53.9 Å². The Morgan fingerprint density at radius 2 is 2.33 bits per heavy atom. The second-order valence-corrected chi connectivity index (χ2v) is 2.16. The van der Waals surface area contributed by atoms with Gasteiger partial charge < -0.3 is 0 Å². The topological polar surface area (TPSA) is 55.1 Å². The van der Waals surface area contributed by atoms with E-state index < -0.39 is 0 Å². The van der Waals surface area contributed by atoms with Crippen LogP contribution in [0.3, 0.4) is 0 Å².